The van der Waals surface area contributed by atoms with Crippen LogP contribution in [0.4, 0.5) is 0 Å². The minimum absolute atomic E-state index is 0.0731. The monoisotopic (exact) mass is 283 g/mol. The quantitative estimate of drug-likeness (QED) is 0.862. The fraction of sp³-hybridized carbons (Fsp3) is 0.615. The fourth-order valence-corrected chi connectivity index (χ4v) is 2.64. The van der Waals surface area contributed by atoms with Crippen molar-refractivity contribution in [1.29, 1.82) is 0 Å². The van der Waals surface area contributed by atoms with Crippen molar-refractivity contribution >= 4 is 17.5 Å². The molecule has 1 amide bonds. The maximum Gasteiger partial charge on any atom is 0.270 e. The van der Waals surface area contributed by atoms with Crippen LogP contribution in [0.3, 0.4) is 0 Å². The molecule has 5 nitrogen and oxygen atoms in total. The summed E-state index contributed by atoms with van der Waals surface area (Å²) >= 11 is 5.76. The molecule has 104 valence electrons. The molecule has 1 aliphatic rings. The molecule has 0 spiro atoms. The van der Waals surface area contributed by atoms with Crippen LogP contribution in [-0.4, -0.2) is 35.1 Å². The zero-order valence-corrected chi connectivity index (χ0v) is 12.3. The zero-order valence-electron chi connectivity index (χ0n) is 11.5. The number of carbonyl (C=O) groups is 1. The maximum absolute atomic E-state index is 12.1. The van der Waals surface area contributed by atoms with E-state index in [9.17, 15) is 4.79 Å². The first kappa shape index (κ1) is 14.2. The van der Waals surface area contributed by atoms with Gasteiger partial charge in [-0.05, 0) is 31.0 Å². The Morgan fingerprint density at radius 3 is 2.74 bits per heavy atom. The molecule has 0 radical (unpaired) electrons. The highest BCUT2D eigenvalue weighted by molar-refractivity contribution is 6.28. The molecule has 19 heavy (non-hydrogen) atoms. The number of amides is 1. The van der Waals surface area contributed by atoms with Gasteiger partial charge in [0, 0.05) is 24.3 Å². The second-order valence-corrected chi connectivity index (χ2v) is 5.81. The van der Waals surface area contributed by atoms with E-state index in [1.165, 1.54) is 0 Å². The van der Waals surface area contributed by atoms with Gasteiger partial charge in [0.2, 0.25) is 5.28 Å². The summed E-state index contributed by atoms with van der Waals surface area (Å²) in [4.78, 5) is 20.0. The van der Waals surface area contributed by atoms with Gasteiger partial charge >= 0.3 is 0 Å². The van der Waals surface area contributed by atoms with Crippen LogP contribution in [0.25, 0.3) is 0 Å². The predicted molar refractivity (Wildman–Crippen MR) is 72.2 cm³/mol. The van der Waals surface area contributed by atoms with Crippen molar-refractivity contribution < 1.29 is 9.53 Å². The molecule has 1 heterocycles. The summed E-state index contributed by atoms with van der Waals surface area (Å²) in [6, 6.07) is 1.71. The molecular weight excluding hydrogens is 266 g/mol. The van der Waals surface area contributed by atoms with Gasteiger partial charge in [-0.1, -0.05) is 13.8 Å². The predicted octanol–water partition coefficient (Wildman–Crippen LogP) is 1.98. The van der Waals surface area contributed by atoms with Crippen molar-refractivity contribution in [1.82, 2.24) is 15.3 Å². The molecule has 1 aromatic rings. The molecule has 1 N–H and O–H groups in total. The lowest BCUT2D eigenvalue weighted by Gasteiger charge is -2.51. The Labute approximate surface area is 117 Å². The smallest absolute Gasteiger partial charge is 0.270 e. The van der Waals surface area contributed by atoms with E-state index in [1.807, 2.05) is 0 Å². The number of rotatable bonds is 3. The molecule has 2 rings (SSSR count). The number of nitrogens with zero attached hydrogens (tertiary/aromatic N) is 2. The Morgan fingerprint density at radius 1 is 1.53 bits per heavy atom. The van der Waals surface area contributed by atoms with Crippen LogP contribution in [0.5, 0.6) is 0 Å². The van der Waals surface area contributed by atoms with Crippen LogP contribution in [0.15, 0.2) is 6.07 Å². The molecule has 6 heteroatoms. The fourth-order valence-electron chi connectivity index (χ4n) is 2.41. The van der Waals surface area contributed by atoms with Gasteiger partial charge in [0.1, 0.15) is 5.69 Å². The van der Waals surface area contributed by atoms with Crippen molar-refractivity contribution in [2.45, 2.75) is 39.3 Å². The third-order valence-corrected chi connectivity index (χ3v) is 4.00. The molecule has 1 aliphatic carbocycles. The molecule has 1 aromatic heterocycles. The van der Waals surface area contributed by atoms with Crippen LogP contribution in [0.2, 0.25) is 5.28 Å². The minimum Gasteiger partial charge on any atom is -0.381 e. The summed E-state index contributed by atoms with van der Waals surface area (Å²) < 4.78 is 5.36. The Morgan fingerprint density at radius 2 is 2.21 bits per heavy atom. The highest BCUT2D eigenvalue weighted by Crippen LogP contribution is 2.42. The van der Waals surface area contributed by atoms with E-state index in [2.05, 4.69) is 29.1 Å². The van der Waals surface area contributed by atoms with Gasteiger partial charge in [0.15, 0.2) is 0 Å². The van der Waals surface area contributed by atoms with Crippen LogP contribution < -0.4 is 5.32 Å². The van der Waals surface area contributed by atoms with Gasteiger partial charge in [0.25, 0.3) is 5.91 Å². The van der Waals surface area contributed by atoms with Gasteiger partial charge in [-0.3, -0.25) is 4.79 Å². The van der Waals surface area contributed by atoms with Gasteiger partial charge < -0.3 is 10.1 Å². The molecule has 1 saturated carbocycles. The van der Waals surface area contributed by atoms with Gasteiger partial charge in [0.05, 0.1) is 6.10 Å². The maximum atomic E-state index is 12.1. The lowest BCUT2D eigenvalue weighted by Crippen LogP contribution is -2.61. The number of hydrogen-bond donors (Lipinski definition) is 1. The molecule has 0 saturated heterocycles. The second kappa shape index (κ2) is 5.06. The van der Waals surface area contributed by atoms with E-state index >= 15 is 0 Å². The Bertz CT molecular complexity index is 484. The standard InChI is InChI=1S/C13H18ClN3O2/c1-7-5-8(16-12(14)15-7)11(18)17-9-6-10(19-4)13(9,2)3/h5,9-10H,6H2,1-4H3,(H,17,18). The summed E-state index contributed by atoms with van der Waals surface area (Å²) in [6.45, 7) is 5.93. The lowest BCUT2D eigenvalue weighted by molar-refractivity contribution is -0.0942. The number of carbonyl (C=O) groups excluding carboxylic acids is 1. The van der Waals surface area contributed by atoms with Crippen LogP contribution >= 0.6 is 11.6 Å². The van der Waals surface area contributed by atoms with Crippen molar-refractivity contribution in [2.24, 2.45) is 5.41 Å². The Balaban J connectivity index is 2.06. The molecule has 2 unspecified atom stereocenters. The highest BCUT2D eigenvalue weighted by atomic mass is 35.5. The first-order valence-corrected chi connectivity index (χ1v) is 6.57. The highest BCUT2D eigenvalue weighted by Gasteiger charge is 2.49. The SMILES string of the molecule is COC1CC(NC(=O)c2cc(C)nc(Cl)n2)C1(C)C. The summed E-state index contributed by atoms with van der Waals surface area (Å²) in [6.07, 6.45) is 0.987. The number of nitrogens with one attached hydrogen (secondary N) is 1. The lowest BCUT2D eigenvalue weighted by atomic mass is 9.64. The van der Waals surface area contributed by atoms with E-state index in [1.54, 1.807) is 20.1 Å². The molecule has 1 fully saturated rings. The largest absolute Gasteiger partial charge is 0.381 e. The average molecular weight is 284 g/mol. The number of hydrogen-bond acceptors (Lipinski definition) is 4. The van der Waals surface area contributed by atoms with Crippen molar-refractivity contribution in [3.8, 4) is 0 Å². The van der Waals surface area contributed by atoms with Crippen LogP contribution in [-0.2, 0) is 4.74 Å². The molecule has 2 atom stereocenters. The van der Waals surface area contributed by atoms with Gasteiger partial charge in [-0.2, -0.15) is 0 Å². The van der Waals surface area contributed by atoms with E-state index in [4.69, 9.17) is 16.3 Å². The average Bonchev–Trinajstić information content (AvgIpc) is 2.32. The summed E-state index contributed by atoms with van der Waals surface area (Å²) in [5.74, 6) is -0.222. The topological polar surface area (TPSA) is 64.1 Å². The number of methoxy groups -OCH3 is 1. The van der Waals surface area contributed by atoms with E-state index in [0.717, 1.165) is 6.42 Å². The van der Waals surface area contributed by atoms with Gasteiger partial charge in [-0.25, -0.2) is 9.97 Å². The zero-order chi connectivity index (χ0) is 14.2. The molecule has 0 bridgehead atoms. The Kier molecular flexibility index (Phi) is 3.78. The number of ether oxygens (including phenoxy) is 1. The van der Waals surface area contributed by atoms with Crippen LogP contribution in [0.1, 0.15) is 36.5 Å². The third-order valence-electron chi connectivity index (χ3n) is 3.83. The van der Waals surface area contributed by atoms with Crippen LogP contribution in [0, 0.1) is 12.3 Å². The minimum atomic E-state index is -0.222. The Hall–Kier alpha value is -1.20. The third kappa shape index (κ3) is 2.72. The molecule has 0 aromatic carbocycles. The van der Waals surface area contributed by atoms with E-state index in [-0.39, 0.29) is 28.8 Å². The van der Waals surface area contributed by atoms with Crippen molar-refractivity contribution in [3.05, 3.63) is 22.7 Å². The van der Waals surface area contributed by atoms with Crippen molar-refractivity contribution in [3.63, 3.8) is 0 Å². The van der Waals surface area contributed by atoms with E-state index < -0.39 is 0 Å². The van der Waals surface area contributed by atoms with E-state index in [0.29, 0.717) is 11.4 Å². The number of aryl methyl sites for hydroxylation is 1. The first-order valence-electron chi connectivity index (χ1n) is 6.19. The number of halogens is 1. The second-order valence-electron chi connectivity index (χ2n) is 5.47. The number of aromatic nitrogens is 2. The molecule has 0 aliphatic heterocycles. The summed E-state index contributed by atoms with van der Waals surface area (Å²) in [5, 5.41) is 3.06. The summed E-state index contributed by atoms with van der Waals surface area (Å²) in [7, 11) is 1.69. The normalized spacial score (nSPS) is 24.7. The molecular formula is C13H18ClN3O2. The first-order chi connectivity index (χ1) is 8.84. The van der Waals surface area contributed by atoms with Gasteiger partial charge in [-0.15, -0.1) is 0 Å². The summed E-state index contributed by atoms with van der Waals surface area (Å²) in [5.41, 5.74) is 0.901. The van der Waals surface area contributed by atoms with Crippen molar-refractivity contribution in [2.75, 3.05) is 7.11 Å².